The standard InChI is InChI=1S/C15H16N2O4/c18-13-7-6-11(14(19)16-13)21-12-8-9-17(15(12)20)10-4-2-1-3-5-10/h1-5,11-12H,6-9H2,(H,16,18,19)/t11-,12+/m1/s1. The van der Waals surface area contributed by atoms with Gasteiger partial charge in [-0.3, -0.25) is 19.7 Å². The van der Waals surface area contributed by atoms with Crippen LogP contribution in [-0.4, -0.2) is 36.5 Å². The van der Waals surface area contributed by atoms with Crippen molar-refractivity contribution in [1.82, 2.24) is 5.32 Å². The first kappa shape index (κ1) is 13.8. The van der Waals surface area contributed by atoms with Gasteiger partial charge in [0.25, 0.3) is 11.8 Å². The number of amides is 3. The van der Waals surface area contributed by atoms with E-state index < -0.39 is 18.1 Å². The van der Waals surface area contributed by atoms with Gasteiger partial charge >= 0.3 is 0 Å². The Labute approximate surface area is 122 Å². The minimum atomic E-state index is -0.715. The topological polar surface area (TPSA) is 75.7 Å². The lowest BCUT2D eigenvalue weighted by Crippen LogP contribution is -2.47. The predicted octanol–water partition coefficient (Wildman–Crippen LogP) is 0.614. The zero-order valence-corrected chi connectivity index (χ0v) is 11.5. The molecule has 6 nitrogen and oxygen atoms in total. The lowest BCUT2D eigenvalue weighted by molar-refractivity contribution is -0.149. The highest BCUT2D eigenvalue weighted by atomic mass is 16.5. The lowest BCUT2D eigenvalue weighted by Gasteiger charge is -2.24. The van der Waals surface area contributed by atoms with Crippen LogP contribution < -0.4 is 10.2 Å². The third kappa shape index (κ3) is 2.80. The van der Waals surface area contributed by atoms with E-state index >= 15 is 0 Å². The van der Waals surface area contributed by atoms with Crippen molar-refractivity contribution >= 4 is 23.4 Å². The summed E-state index contributed by atoms with van der Waals surface area (Å²) in [7, 11) is 0. The molecular formula is C15H16N2O4. The molecule has 0 spiro atoms. The number of hydrogen-bond donors (Lipinski definition) is 1. The van der Waals surface area contributed by atoms with Gasteiger partial charge in [-0.25, -0.2) is 0 Å². The molecule has 2 heterocycles. The van der Waals surface area contributed by atoms with Crippen LogP contribution in [0.5, 0.6) is 0 Å². The zero-order valence-electron chi connectivity index (χ0n) is 11.5. The van der Waals surface area contributed by atoms with E-state index in [1.807, 2.05) is 30.3 Å². The molecule has 0 aliphatic carbocycles. The van der Waals surface area contributed by atoms with Gasteiger partial charge in [-0.05, 0) is 18.6 Å². The second-order valence-corrected chi connectivity index (χ2v) is 5.18. The minimum absolute atomic E-state index is 0.133. The summed E-state index contributed by atoms with van der Waals surface area (Å²) in [5.41, 5.74) is 0.830. The Kier molecular flexibility index (Phi) is 3.70. The normalized spacial score (nSPS) is 26.1. The number of carbonyl (C=O) groups is 3. The van der Waals surface area contributed by atoms with Crippen molar-refractivity contribution in [2.24, 2.45) is 0 Å². The Morgan fingerprint density at radius 2 is 1.81 bits per heavy atom. The van der Waals surface area contributed by atoms with Crippen LogP contribution in [0.3, 0.4) is 0 Å². The van der Waals surface area contributed by atoms with Crippen LogP contribution in [0.15, 0.2) is 30.3 Å². The van der Waals surface area contributed by atoms with Crippen molar-refractivity contribution in [3.8, 4) is 0 Å². The van der Waals surface area contributed by atoms with Crippen molar-refractivity contribution < 1.29 is 19.1 Å². The number of benzene rings is 1. The Morgan fingerprint density at radius 3 is 2.52 bits per heavy atom. The molecule has 1 aromatic carbocycles. The number of nitrogens with one attached hydrogen (secondary N) is 1. The predicted molar refractivity (Wildman–Crippen MR) is 74.5 cm³/mol. The fourth-order valence-electron chi connectivity index (χ4n) is 2.65. The molecule has 6 heteroatoms. The van der Waals surface area contributed by atoms with Gasteiger partial charge in [0.2, 0.25) is 5.91 Å². The molecule has 2 fully saturated rings. The molecule has 0 radical (unpaired) electrons. The van der Waals surface area contributed by atoms with E-state index in [1.54, 1.807) is 4.90 Å². The maximum Gasteiger partial charge on any atom is 0.256 e. The average molecular weight is 288 g/mol. The SMILES string of the molecule is O=C1CC[C@@H](O[C@H]2CCN(c3ccccc3)C2=O)C(=O)N1. The number of para-hydroxylation sites is 1. The summed E-state index contributed by atoms with van der Waals surface area (Å²) < 4.78 is 5.62. The summed E-state index contributed by atoms with van der Waals surface area (Å²) in [6.45, 7) is 0.570. The first-order valence-corrected chi connectivity index (χ1v) is 7.01. The number of imide groups is 1. The Hall–Kier alpha value is -2.21. The van der Waals surface area contributed by atoms with Gasteiger partial charge in [0.1, 0.15) is 12.2 Å². The van der Waals surface area contributed by atoms with Crippen LogP contribution in [-0.2, 0) is 19.1 Å². The highest BCUT2D eigenvalue weighted by Crippen LogP contribution is 2.24. The van der Waals surface area contributed by atoms with Crippen molar-refractivity contribution in [2.75, 3.05) is 11.4 Å². The number of carbonyl (C=O) groups excluding carboxylic acids is 3. The highest BCUT2D eigenvalue weighted by Gasteiger charge is 2.38. The van der Waals surface area contributed by atoms with Crippen molar-refractivity contribution in [2.45, 2.75) is 31.5 Å². The first-order chi connectivity index (χ1) is 10.1. The molecule has 1 aromatic rings. The van der Waals surface area contributed by atoms with E-state index in [9.17, 15) is 14.4 Å². The summed E-state index contributed by atoms with van der Waals surface area (Å²) in [5, 5.41) is 2.23. The fourth-order valence-corrected chi connectivity index (χ4v) is 2.65. The van der Waals surface area contributed by atoms with Gasteiger partial charge in [0.15, 0.2) is 0 Å². The summed E-state index contributed by atoms with van der Waals surface area (Å²) in [6.07, 6.45) is -0.202. The van der Waals surface area contributed by atoms with E-state index in [-0.39, 0.29) is 18.2 Å². The van der Waals surface area contributed by atoms with E-state index in [1.165, 1.54) is 0 Å². The molecular weight excluding hydrogens is 272 g/mol. The molecule has 21 heavy (non-hydrogen) atoms. The molecule has 0 unspecified atom stereocenters. The molecule has 0 saturated carbocycles. The van der Waals surface area contributed by atoms with Crippen LogP contribution in [0.4, 0.5) is 5.69 Å². The monoisotopic (exact) mass is 288 g/mol. The second-order valence-electron chi connectivity index (χ2n) is 5.18. The zero-order chi connectivity index (χ0) is 14.8. The average Bonchev–Trinajstić information content (AvgIpc) is 2.84. The number of piperidine rings is 1. The molecule has 2 atom stereocenters. The second kappa shape index (κ2) is 5.65. The smallest absolute Gasteiger partial charge is 0.256 e. The molecule has 1 N–H and O–H groups in total. The van der Waals surface area contributed by atoms with Crippen LogP contribution in [0, 0.1) is 0 Å². The van der Waals surface area contributed by atoms with Gasteiger partial charge < -0.3 is 9.64 Å². The summed E-state index contributed by atoms with van der Waals surface area (Å²) in [5.74, 6) is -0.869. The molecule has 0 aromatic heterocycles. The van der Waals surface area contributed by atoms with Crippen LogP contribution in [0.2, 0.25) is 0 Å². The third-order valence-corrected chi connectivity index (χ3v) is 3.74. The molecule has 2 aliphatic rings. The van der Waals surface area contributed by atoms with E-state index in [2.05, 4.69) is 5.32 Å². The van der Waals surface area contributed by atoms with Crippen molar-refractivity contribution in [1.29, 1.82) is 0 Å². The van der Waals surface area contributed by atoms with Gasteiger partial charge in [0, 0.05) is 25.1 Å². The Balaban J connectivity index is 1.65. The quantitative estimate of drug-likeness (QED) is 0.827. The molecule has 2 aliphatic heterocycles. The third-order valence-electron chi connectivity index (χ3n) is 3.74. The highest BCUT2D eigenvalue weighted by molar-refractivity contribution is 6.01. The van der Waals surface area contributed by atoms with Gasteiger partial charge in [-0.1, -0.05) is 18.2 Å². The lowest BCUT2D eigenvalue weighted by atomic mass is 10.1. The minimum Gasteiger partial charge on any atom is -0.355 e. The van der Waals surface area contributed by atoms with Crippen LogP contribution in [0.25, 0.3) is 0 Å². The summed E-state index contributed by atoms with van der Waals surface area (Å²) >= 11 is 0. The largest absolute Gasteiger partial charge is 0.355 e. The van der Waals surface area contributed by atoms with E-state index in [0.717, 1.165) is 5.69 Å². The maximum atomic E-state index is 12.4. The molecule has 0 bridgehead atoms. The Bertz CT molecular complexity index is 572. The number of anilines is 1. The van der Waals surface area contributed by atoms with E-state index in [0.29, 0.717) is 19.4 Å². The summed E-state index contributed by atoms with van der Waals surface area (Å²) in [6, 6.07) is 9.37. The Morgan fingerprint density at radius 1 is 1.05 bits per heavy atom. The van der Waals surface area contributed by atoms with Crippen molar-refractivity contribution in [3.05, 3.63) is 30.3 Å². The molecule has 110 valence electrons. The molecule has 3 amide bonds. The van der Waals surface area contributed by atoms with Gasteiger partial charge in [0.05, 0.1) is 0 Å². The maximum absolute atomic E-state index is 12.4. The van der Waals surface area contributed by atoms with Crippen LogP contribution in [0.1, 0.15) is 19.3 Å². The number of rotatable bonds is 3. The number of hydrogen-bond acceptors (Lipinski definition) is 4. The van der Waals surface area contributed by atoms with E-state index in [4.69, 9.17) is 4.74 Å². The number of nitrogens with zero attached hydrogens (tertiary/aromatic N) is 1. The van der Waals surface area contributed by atoms with Gasteiger partial charge in [-0.2, -0.15) is 0 Å². The van der Waals surface area contributed by atoms with Crippen molar-refractivity contribution in [3.63, 3.8) is 0 Å². The van der Waals surface area contributed by atoms with Crippen LogP contribution >= 0.6 is 0 Å². The number of ether oxygens (including phenoxy) is 1. The fraction of sp³-hybridized carbons (Fsp3) is 0.400. The summed E-state index contributed by atoms with van der Waals surface area (Å²) in [4.78, 5) is 36.8. The molecule has 3 rings (SSSR count). The first-order valence-electron chi connectivity index (χ1n) is 7.01. The van der Waals surface area contributed by atoms with Gasteiger partial charge in [-0.15, -0.1) is 0 Å². The molecule has 2 saturated heterocycles.